The van der Waals surface area contributed by atoms with Gasteiger partial charge in [0.05, 0.1) is 6.04 Å². The lowest BCUT2D eigenvalue weighted by Crippen LogP contribution is -2.38. The normalized spacial score (nSPS) is 19.6. The van der Waals surface area contributed by atoms with Crippen molar-refractivity contribution in [1.29, 1.82) is 0 Å². The fourth-order valence-corrected chi connectivity index (χ4v) is 2.27. The van der Waals surface area contributed by atoms with Gasteiger partial charge in [-0.25, -0.2) is 0 Å². The highest BCUT2D eigenvalue weighted by molar-refractivity contribution is 5.74. The Balaban J connectivity index is 2.23. The fourth-order valence-electron chi connectivity index (χ4n) is 2.27. The molecule has 3 heteroatoms. The van der Waals surface area contributed by atoms with Gasteiger partial charge in [0.25, 0.3) is 0 Å². The Morgan fingerprint density at radius 3 is 2.82 bits per heavy atom. The molecule has 3 nitrogen and oxygen atoms in total. The van der Waals surface area contributed by atoms with Gasteiger partial charge in [-0.1, -0.05) is 42.8 Å². The van der Waals surface area contributed by atoms with Crippen LogP contribution in [-0.4, -0.2) is 17.1 Å². The highest BCUT2D eigenvalue weighted by atomic mass is 16.4. The summed E-state index contributed by atoms with van der Waals surface area (Å²) in [5.41, 5.74) is 3.53. The summed E-state index contributed by atoms with van der Waals surface area (Å²) in [5.74, 6) is -0.787. The number of carboxylic acid groups (broad SMARTS) is 1. The van der Waals surface area contributed by atoms with E-state index in [9.17, 15) is 4.79 Å². The van der Waals surface area contributed by atoms with Crippen LogP contribution in [0.15, 0.2) is 29.8 Å². The van der Waals surface area contributed by atoms with Crippen LogP contribution in [0.1, 0.15) is 37.4 Å². The summed E-state index contributed by atoms with van der Waals surface area (Å²) in [6.07, 6.45) is 2.70. The van der Waals surface area contributed by atoms with Gasteiger partial charge in [-0.15, -0.1) is 0 Å². The molecule has 0 fully saturated rings. The molecule has 2 N–H and O–H groups in total. The van der Waals surface area contributed by atoms with E-state index in [4.69, 9.17) is 5.11 Å². The number of fused-ring (bicyclic) bond motifs is 1. The summed E-state index contributed by atoms with van der Waals surface area (Å²) in [4.78, 5) is 11.1. The summed E-state index contributed by atoms with van der Waals surface area (Å²) >= 11 is 0. The number of carbonyl (C=O) groups is 1. The summed E-state index contributed by atoms with van der Waals surface area (Å²) in [5, 5.41) is 12.3. The van der Waals surface area contributed by atoms with Crippen LogP contribution in [0.3, 0.4) is 0 Å². The van der Waals surface area contributed by atoms with Crippen LogP contribution in [0.5, 0.6) is 0 Å². The Morgan fingerprint density at radius 2 is 2.18 bits per heavy atom. The number of hydrogen-bond acceptors (Lipinski definition) is 2. The molecule has 0 aromatic heterocycles. The number of nitrogens with one attached hydrogen (secondary N) is 1. The van der Waals surface area contributed by atoms with E-state index in [0.717, 1.165) is 0 Å². The summed E-state index contributed by atoms with van der Waals surface area (Å²) in [6.45, 7) is 3.91. The first-order valence-electron chi connectivity index (χ1n) is 5.89. The van der Waals surface area contributed by atoms with E-state index in [1.165, 1.54) is 16.7 Å². The first-order valence-corrected chi connectivity index (χ1v) is 5.89. The molecule has 1 aliphatic carbocycles. The second kappa shape index (κ2) is 4.72. The Bertz CT molecular complexity index is 465. The van der Waals surface area contributed by atoms with Crippen LogP contribution in [0.2, 0.25) is 0 Å². The number of hydrogen-bond donors (Lipinski definition) is 2. The lowest BCUT2D eigenvalue weighted by Gasteiger charge is -2.21. The predicted molar refractivity (Wildman–Crippen MR) is 67.7 cm³/mol. The van der Waals surface area contributed by atoms with Gasteiger partial charge < -0.3 is 5.11 Å². The van der Waals surface area contributed by atoms with Crippen molar-refractivity contribution in [2.45, 2.75) is 32.4 Å². The highest BCUT2D eigenvalue weighted by Crippen LogP contribution is 2.34. The molecule has 2 atom stereocenters. The van der Waals surface area contributed by atoms with Crippen molar-refractivity contribution in [2.75, 3.05) is 0 Å². The van der Waals surface area contributed by atoms with Crippen molar-refractivity contribution in [3.63, 3.8) is 0 Å². The molecule has 0 amide bonds. The van der Waals surface area contributed by atoms with Gasteiger partial charge in [-0.05, 0) is 24.5 Å². The van der Waals surface area contributed by atoms with Gasteiger partial charge in [0, 0.05) is 0 Å². The lowest BCUT2D eigenvalue weighted by molar-refractivity contribution is -0.139. The van der Waals surface area contributed by atoms with Crippen molar-refractivity contribution in [2.24, 2.45) is 0 Å². The fraction of sp³-hybridized carbons (Fsp3) is 0.357. The molecule has 90 valence electrons. The van der Waals surface area contributed by atoms with E-state index in [1.54, 1.807) is 0 Å². The smallest absolute Gasteiger partial charge is 0.320 e. The molecule has 0 aliphatic heterocycles. The number of benzene rings is 1. The van der Waals surface area contributed by atoms with Gasteiger partial charge >= 0.3 is 5.97 Å². The quantitative estimate of drug-likeness (QED) is 0.837. The average molecular weight is 231 g/mol. The van der Waals surface area contributed by atoms with E-state index in [2.05, 4.69) is 23.5 Å². The minimum Gasteiger partial charge on any atom is -0.480 e. The van der Waals surface area contributed by atoms with E-state index >= 15 is 0 Å². The SMILES string of the molecule is CC[C@H](N[C@@H]1C(C)=Cc2ccccc21)C(=O)O. The van der Waals surface area contributed by atoms with Crippen molar-refractivity contribution < 1.29 is 9.90 Å². The zero-order chi connectivity index (χ0) is 12.4. The number of rotatable bonds is 4. The van der Waals surface area contributed by atoms with Crippen molar-refractivity contribution in [1.82, 2.24) is 5.32 Å². The Morgan fingerprint density at radius 1 is 1.47 bits per heavy atom. The standard InChI is InChI=1S/C14H17NO2/c1-3-12(14(16)17)15-13-9(2)8-10-6-4-5-7-11(10)13/h4-8,12-13,15H,3H2,1-2H3,(H,16,17)/t12-,13+/m0/s1. The van der Waals surface area contributed by atoms with Crippen molar-refractivity contribution in [3.8, 4) is 0 Å². The second-order valence-electron chi connectivity index (χ2n) is 4.42. The molecule has 0 bridgehead atoms. The molecule has 0 saturated carbocycles. The zero-order valence-electron chi connectivity index (χ0n) is 10.1. The maximum absolute atomic E-state index is 11.1. The van der Waals surface area contributed by atoms with Crippen LogP contribution < -0.4 is 5.32 Å². The highest BCUT2D eigenvalue weighted by Gasteiger charge is 2.26. The molecule has 0 radical (unpaired) electrons. The molecule has 1 aliphatic rings. The monoisotopic (exact) mass is 231 g/mol. The van der Waals surface area contributed by atoms with Crippen molar-refractivity contribution >= 4 is 12.0 Å². The topological polar surface area (TPSA) is 49.3 Å². The van der Waals surface area contributed by atoms with Crippen LogP contribution in [-0.2, 0) is 4.79 Å². The lowest BCUT2D eigenvalue weighted by atomic mass is 10.0. The average Bonchev–Trinajstić information content (AvgIpc) is 2.61. The van der Waals surface area contributed by atoms with Crippen LogP contribution in [0, 0.1) is 0 Å². The summed E-state index contributed by atoms with van der Waals surface area (Å²) in [7, 11) is 0. The maximum atomic E-state index is 11.1. The van der Waals surface area contributed by atoms with E-state index in [1.807, 2.05) is 26.0 Å². The summed E-state index contributed by atoms with van der Waals surface area (Å²) < 4.78 is 0. The van der Waals surface area contributed by atoms with Crippen LogP contribution in [0.4, 0.5) is 0 Å². The van der Waals surface area contributed by atoms with Gasteiger partial charge in [0.2, 0.25) is 0 Å². The predicted octanol–water partition coefficient (Wildman–Crippen LogP) is 2.60. The first kappa shape index (κ1) is 11.9. The molecule has 0 heterocycles. The van der Waals surface area contributed by atoms with Crippen molar-refractivity contribution in [3.05, 3.63) is 41.0 Å². The van der Waals surface area contributed by atoms with E-state index in [0.29, 0.717) is 6.42 Å². The summed E-state index contributed by atoms with van der Waals surface area (Å²) in [6, 6.07) is 7.64. The van der Waals surface area contributed by atoms with Gasteiger partial charge in [0.1, 0.15) is 6.04 Å². The number of carboxylic acids is 1. The molecule has 2 rings (SSSR count). The molecule has 17 heavy (non-hydrogen) atoms. The number of aliphatic carboxylic acids is 1. The third-order valence-corrected chi connectivity index (χ3v) is 3.22. The molecule has 0 saturated heterocycles. The minimum atomic E-state index is -0.787. The third-order valence-electron chi connectivity index (χ3n) is 3.22. The second-order valence-corrected chi connectivity index (χ2v) is 4.42. The zero-order valence-corrected chi connectivity index (χ0v) is 10.1. The Kier molecular flexibility index (Phi) is 3.29. The van der Waals surface area contributed by atoms with Gasteiger partial charge in [0.15, 0.2) is 0 Å². The van der Waals surface area contributed by atoms with Gasteiger partial charge in [-0.3, -0.25) is 10.1 Å². The molecule has 1 aromatic rings. The van der Waals surface area contributed by atoms with E-state index < -0.39 is 12.0 Å². The molecular formula is C14H17NO2. The Hall–Kier alpha value is -1.61. The molecular weight excluding hydrogens is 214 g/mol. The Labute approximate surface area is 101 Å². The molecule has 1 aromatic carbocycles. The van der Waals surface area contributed by atoms with E-state index in [-0.39, 0.29) is 6.04 Å². The van der Waals surface area contributed by atoms with Crippen LogP contribution in [0.25, 0.3) is 6.08 Å². The largest absolute Gasteiger partial charge is 0.480 e. The molecule has 0 spiro atoms. The maximum Gasteiger partial charge on any atom is 0.320 e. The third kappa shape index (κ3) is 2.24. The molecule has 0 unspecified atom stereocenters. The first-order chi connectivity index (χ1) is 8.13. The van der Waals surface area contributed by atoms with Crippen LogP contribution >= 0.6 is 0 Å². The van der Waals surface area contributed by atoms with Gasteiger partial charge in [-0.2, -0.15) is 0 Å². The minimum absolute atomic E-state index is 0.0345.